The molecule has 1 N–H and O–H groups in total. The first-order valence-corrected chi connectivity index (χ1v) is 7.49. The van der Waals surface area contributed by atoms with E-state index in [-0.39, 0.29) is 0 Å². The number of hydrogen-bond donors (Lipinski definition) is 1. The van der Waals surface area contributed by atoms with Crippen molar-refractivity contribution in [3.8, 4) is 11.5 Å². The molecular weight excluding hydrogens is 297 g/mol. The van der Waals surface area contributed by atoms with Gasteiger partial charge in [0, 0.05) is 17.5 Å². The zero-order valence-corrected chi connectivity index (χ0v) is 12.4. The molecule has 0 aliphatic heterocycles. The zero-order chi connectivity index (χ0) is 13.9. The lowest BCUT2D eigenvalue weighted by Gasteiger charge is -2.00. The molecule has 2 aromatic rings. The summed E-state index contributed by atoms with van der Waals surface area (Å²) >= 11 is 12.0. The van der Waals surface area contributed by atoms with Gasteiger partial charge in [0.15, 0.2) is 0 Å². The largest absolute Gasteiger partial charge is 0.421 e. The summed E-state index contributed by atoms with van der Waals surface area (Å²) in [7, 11) is 0. The topological polar surface area (TPSA) is 51.0 Å². The van der Waals surface area contributed by atoms with Crippen molar-refractivity contribution in [2.45, 2.75) is 31.7 Å². The van der Waals surface area contributed by atoms with Gasteiger partial charge in [0.05, 0.1) is 10.6 Å². The lowest BCUT2D eigenvalue weighted by Crippen LogP contribution is -2.17. The number of halogens is 2. The molecule has 106 valence electrons. The predicted octanol–water partition coefficient (Wildman–Crippen LogP) is 3.73. The number of nitrogens with one attached hydrogen (secondary N) is 1. The molecule has 1 heterocycles. The van der Waals surface area contributed by atoms with Gasteiger partial charge >= 0.3 is 0 Å². The molecule has 0 radical (unpaired) electrons. The molecule has 1 saturated carbocycles. The van der Waals surface area contributed by atoms with Gasteiger partial charge in [0.25, 0.3) is 0 Å². The molecule has 0 saturated heterocycles. The van der Waals surface area contributed by atoms with Crippen LogP contribution in [-0.4, -0.2) is 22.8 Å². The summed E-state index contributed by atoms with van der Waals surface area (Å²) in [5.41, 5.74) is 0.714. The van der Waals surface area contributed by atoms with E-state index in [4.69, 9.17) is 27.6 Å². The monoisotopic (exact) mass is 311 g/mol. The summed E-state index contributed by atoms with van der Waals surface area (Å²) in [4.78, 5) is 0. The van der Waals surface area contributed by atoms with Crippen LogP contribution in [0.4, 0.5) is 0 Å². The van der Waals surface area contributed by atoms with Crippen LogP contribution in [0, 0.1) is 0 Å². The maximum absolute atomic E-state index is 6.12. The van der Waals surface area contributed by atoms with Gasteiger partial charge in [-0.25, -0.2) is 0 Å². The van der Waals surface area contributed by atoms with Crippen LogP contribution in [0.2, 0.25) is 10.0 Å². The van der Waals surface area contributed by atoms with Crippen LogP contribution in [0.15, 0.2) is 22.6 Å². The molecule has 1 aliphatic rings. The number of hydrogen-bond acceptors (Lipinski definition) is 4. The van der Waals surface area contributed by atoms with Crippen molar-refractivity contribution in [2.24, 2.45) is 0 Å². The molecule has 3 rings (SSSR count). The molecule has 1 aromatic heterocycles. The summed E-state index contributed by atoms with van der Waals surface area (Å²) in [5, 5.41) is 12.7. The van der Waals surface area contributed by atoms with Crippen LogP contribution < -0.4 is 5.32 Å². The summed E-state index contributed by atoms with van der Waals surface area (Å²) < 4.78 is 5.64. The van der Waals surface area contributed by atoms with Crippen LogP contribution in [0.3, 0.4) is 0 Å². The quantitative estimate of drug-likeness (QED) is 0.826. The second-order valence-electron chi connectivity index (χ2n) is 4.96. The number of benzene rings is 1. The highest BCUT2D eigenvalue weighted by molar-refractivity contribution is 6.36. The molecule has 4 nitrogen and oxygen atoms in total. The van der Waals surface area contributed by atoms with Gasteiger partial charge in [-0.2, -0.15) is 0 Å². The van der Waals surface area contributed by atoms with Gasteiger partial charge in [-0.1, -0.05) is 23.2 Å². The van der Waals surface area contributed by atoms with E-state index in [1.54, 1.807) is 18.2 Å². The highest BCUT2D eigenvalue weighted by Gasteiger charge is 2.19. The van der Waals surface area contributed by atoms with Gasteiger partial charge in [-0.3, -0.25) is 0 Å². The Kier molecular flexibility index (Phi) is 4.24. The van der Waals surface area contributed by atoms with Crippen molar-refractivity contribution < 1.29 is 4.42 Å². The highest BCUT2D eigenvalue weighted by atomic mass is 35.5. The van der Waals surface area contributed by atoms with Crippen molar-refractivity contribution in [1.29, 1.82) is 0 Å². The molecule has 1 aliphatic carbocycles. The van der Waals surface area contributed by atoms with E-state index in [1.807, 2.05) is 0 Å². The Morgan fingerprint density at radius 2 is 2.10 bits per heavy atom. The summed E-state index contributed by atoms with van der Waals surface area (Å²) in [6.07, 6.45) is 4.38. The van der Waals surface area contributed by atoms with E-state index in [1.165, 1.54) is 12.8 Å². The first-order chi connectivity index (χ1) is 9.72. The van der Waals surface area contributed by atoms with Crippen molar-refractivity contribution in [2.75, 3.05) is 6.54 Å². The van der Waals surface area contributed by atoms with Crippen molar-refractivity contribution in [1.82, 2.24) is 15.5 Å². The van der Waals surface area contributed by atoms with Crippen LogP contribution in [0.1, 0.15) is 25.2 Å². The van der Waals surface area contributed by atoms with Gasteiger partial charge < -0.3 is 9.73 Å². The van der Waals surface area contributed by atoms with Gasteiger partial charge in [0.1, 0.15) is 0 Å². The molecule has 1 fully saturated rings. The Hall–Kier alpha value is -1.10. The molecule has 0 spiro atoms. The standard InChI is InChI=1S/C14H15Cl2N3O/c15-9-3-6-11(12(16)8-9)14-19-18-13(20-14)2-1-7-17-10-4-5-10/h3,6,8,10,17H,1-2,4-5,7H2. The fourth-order valence-electron chi connectivity index (χ4n) is 1.96. The van der Waals surface area contributed by atoms with Crippen LogP contribution in [-0.2, 0) is 6.42 Å². The smallest absolute Gasteiger partial charge is 0.249 e. The lowest BCUT2D eigenvalue weighted by atomic mass is 10.2. The Balaban J connectivity index is 1.60. The van der Waals surface area contributed by atoms with E-state index in [0.717, 1.165) is 25.4 Å². The summed E-state index contributed by atoms with van der Waals surface area (Å²) in [5.74, 6) is 1.08. The van der Waals surface area contributed by atoms with Crippen molar-refractivity contribution in [3.05, 3.63) is 34.1 Å². The second-order valence-corrected chi connectivity index (χ2v) is 5.80. The molecule has 0 bridgehead atoms. The average molecular weight is 312 g/mol. The first-order valence-electron chi connectivity index (χ1n) is 6.73. The number of aromatic nitrogens is 2. The molecule has 0 atom stereocenters. The van der Waals surface area contributed by atoms with Crippen LogP contribution >= 0.6 is 23.2 Å². The Bertz CT molecular complexity index is 596. The maximum Gasteiger partial charge on any atom is 0.249 e. The van der Waals surface area contributed by atoms with Crippen molar-refractivity contribution >= 4 is 23.2 Å². The molecule has 6 heteroatoms. The minimum absolute atomic E-state index is 0.441. The molecular formula is C14H15Cl2N3O. The summed E-state index contributed by atoms with van der Waals surface area (Å²) in [6, 6.07) is 5.95. The zero-order valence-electron chi connectivity index (χ0n) is 10.9. The third-order valence-electron chi connectivity index (χ3n) is 3.21. The van der Waals surface area contributed by atoms with E-state index < -0.39 is 0 Å². The van der Waals surface area contributed by atoms with E-state index in [9.17, 15) is 0 Å². The average Bonchev–Trinajstić information content (AvgIpc) is 3.13. The number of rotatable bonds is 6. The lowest BCUT2D eigenvalue weighted by molar-refractivity contribution is 0.491. The maximum atomic E-state index is 6.12. The van der Waals surface area contributed by atoms with Gasteiger partial charge in [-0.05, 0) is 44.0 Å². The molecule has 1 aromatic carbocycles. The molecule has 0 unspecified atom stereocenters. The van der Waals surface area contributed by atoms with Gasteiger partial charge in [-0.15, -0.1) is 10.2 Å². The predicted molar refractivity (Wildman–Crippen MR) is 79.1 cm³/mol. The SMILES string of the molecule is Clc1ccc(-c2nnc(CCCNC3CC3)o2)c(Cl)c1. The fraction of sp³-hybridized carbons (Fsp3) is 0.429. The third-order valence-corrected chi connectivity index (χ3v) is 3.75. The Morgan fingerprint density at radius 1 is 1.25 bits per heavy atom. The van der Waals surface area contributed by atoms with Gasteiger partial charge in [0.2, 0.25) is 11.8 Å². The first kappa shape index (κ1) is 13.9. The van der Waals surface area contributed by atoms with E-state index in [2.05, 4.69) is 15.5 Å². The Labute approximate surface area is 127 Å². The van der Waals surface area contributed by atoms with Crippen LogP contribution in [0.5, 0.6) is 0 Å². The molecule has 0 amide bonds. The van der Waals surface area contributed by atoms with E-state index in [0.29, 0.717) is 27.4 Å². The van der Waals surface area contributed by atoms with E-state index >= 15 is 0 Å². The van der Waals surface area contributed by atoms with Crippen molar-refractivity contribution in [3.63, 3.8) is 0 Å². The normalized spacial score (nSPS) is 14.7. The van der Waals surface area contributed by atoms with Crippen LogP contribution in [0.25, 0.3) is 11.5 Å². The minimum atomic E-state index is 0.441. The summed E-state index contributed by atoms with van der Waals surface area (Å²) in [6.45, 7) is 0.990. The fourth-order valence-corrected chi connectivity index (χ4v) is 2.45. The highest BCUT2D eigenvalue weighted by Crippen LogP contribution is 2.29. The Morgan fingerprint density at radius 3 is 2.85 bits per heavy atom. The second kappa shape index (κ2) is 6.12. The third kappa shape index (κ3) is 3.51. The number of aryl methyl sites for hydroxylation is 1. The molecule has 20 heavy (non-hydrogen) atoms. The number of nitrogens with zero attached hydrogens (tertiary/aromatic N) is 2. The minimum Gasteiger partial charge on any atom is -0.421 e.